The molecule has 0 aliphatic heterocycles. The van der Waals surface area contributed by atoms with E-state index in [0.29, 0.717) is 24.6 Å². The lowest BCUT2D eigenvalue weighted by Crippen LogP contribution is -2.30. The van der Waals surface area contributed by atoms with E-state index in [0.717, 1.165) is 12.8 Å². The third-order valence-electron chi connectivity index (χ3n) is 3.39. The van der Waals surface area contributed by atoms with Crippen molar-refractivity contribution >= 4 is 11.8 Å². The molecule has 22 heavy (non-hydrogen) atoms. The van der Waals surface area contributed by atoms with Crippen molar-refractivity contribution in [1.29, 1.82) is 0 Å². The van der Waals surface area contributed by atoms with E-state index in [9.17, 15) is 9.59 Å². The van der Waals surface area contributed by atoms with E-state index in [-0.39, 0.29) is 11.8 Å². The third kappa shape index (κ3) is 4.00. The molecule has 2 aromatic rings. The number of rotatable bonds is 7. The van der Waals surface area contributed by atoms with Gasteiger partial charge in [-0.1, -0.05) is 0 Å². The number of hydrogen-bond acceptors (Lipinski definition) is 4. The number of nitrogens with zero attached hydrogens (tertiary/aromatic N) is 2. The zero-order valence-electron chi connectivity index (χ0n) is 12.8. The average Bonchev–Trinajstić information content (AvgIpc) is 3.22. The van der Waals surface area contributed by atoms with Gasteiger partial charge in [0.15, 0.2) is 11.5 Å². The van der Waals surface area contributed by atoms with Crippen molar-refractivity contribution in [3.8, 4) is 0 Å². The quantitative estimate of drug-likeness (QED) is 0.737. The average molecular weight is 304 g/mol. The zero-order chi connectivity index (χ0) is 15.9. The van der Waals surface area contributed by atoms with Crippen LogP contribution in [0, 0.1) is 0 Å². The lowest BCUT2D eigenvalue weighted by atomic mass is 10.2. The molecule has 0 aliphatic carbocycles. The van der Waals surface area contributed by atoms with Crippen LogP contribution in [0.15, 0.2) is 45.6 Å². The van der Waals surface area contributed by atoms with Crippen LogP contribution in [0.3, 0.4) is 0 Å². The summed E-state index contributed by atoms with van der Waals surface area (Å²) < 4.78 is 10.2. The van der Waals surface area contributed by atoms with Crippen LogP contribution in [0.2, 0.25) is 0 Å². The maximum absolute atomic E-state index is 12.0. The first-order valence-corrected chi connectivity index (χ1v) is 7.17. The highest BCUT2D eigenvalue weighted by Gasteiger charge is 2.15. The van der Waals surface area contributed by atoms with Crippen LogP contribution >= 0.6 is 0 Å². The Balaban J connectivity index is 1.68. The van der Waals surface area contributed by atoms with Crippen molar-refractivity contribution in [2.24, 2.45) is 0 Å². The minimum absolute atomic E-state index is 0.134. The van der Waals surface area contributed by atoms with Crippen molar-refractivity contribution in [2.45, 2.75) is 12.8 Å². The summed E-state index contributed by atoms with van der Waals surface area (Å²) in [7, 11) is 3.48. The number of carbonyl (C=O) groups excluding carboxylic acids is 2. The first-order valence-electron chi connectivity index (χ1n) is 7.17. The SMILES string of the molecule is CN(CCCCN(C)C(=O)c1ccco1)C(=O)c1ccco1. The second kappa shape index (κ2) is 7.49. The van der Waals surface area contributed by atoms with Gasteiger partial charge in [-0.2, -0.15) is 0 Å². The first kappa shape index (κ1) is 15.9. The molecule has 0 saturated carbocycles. The normalized spacial score (nSPS) is 10.5. The van der Waals surface area contributed by atoms with E-state index in [4.69, 9.17) is 8.83 Å². The van der Waals surface area contributed by atoms with Gasteiger partial charge in [-0.3, -0.25) is 9.59 Å². The fourth-order valence-electron chi connectivity index (χ4n) is 2.08. The molecule has 0 unspecified atom stereocenters. The Morgan fingerprint density at radius 2 is 1.27 bits per heavy atom. The molecule has 2 heterocycles. The summed E-state index contributed by atoms with van der Waals surface area (Å²) in [6.45, 7) is 1.23. The second-order valence-electron chi connectivity index (χ2n) is 5.12. The predicted molar refractivity (Wildman–Crippen MR) is 80.6 cm³/mol. The lowest BCUT2D eigenvalue weighted by Gasteiger charge is -2.18. The molecule has 2 amide bonds. The molecule has 2 aromatic heterocycles. The Kier molecular flexibility index (Phi) is 5.41. The molecule has 118 valence electrons. The molecular weight excluding hydrogens is 284 g/mol. The van der Waals surface area contributed by atoms with Gasteiger partial charge in [0.05, 0.1) is 12.5 Å². The maximum atomic E-state index is 12.0. The van der Waals surface area contributed by atoms with Crippen LogP contribution in [-0.2, 0) is 0 Å². The Hall–Kier alpha value is -2.50. The monoisotopic (exact) mass is 304 g/mol. The van der Waals surface area contributed by atoms with Gasteiger partial charge in [-0.15, -0.1) is 0 Å². The van der Waals surface area contributed by atoms with Gasteiger partial charge in [-0.25, -0.2) is 0 Å². The standard InChI is InChI=1S/C16H20N2O4/c1-17(15(19)13-7-5-11-21-13)9-3-4-10-18(2)16(20)14-8-6-12-22-14/h5-8,11-12H,3-4,9-10H2,1-2H3. The van der Waals surface area contributed by atoms with E-state index in [2.05, 4.69) is 0 Å². The fourth-order valence-corrected chi connectivity index (χ4v) is 2.08. The molecule has 0 saturated heterocycles. The number of furan rings is 2. The fraction of sp³-hybridized carbons (Fsp3) is 0.375. The number of amides is 2. The molecule has 0 atom stereocenters. The lowest BCUT2D eigenvalue weighted by molar-refractivity contribution is 0.0736. The Morgan fingerprint density at radius 1 is 0.864 bits per heavy atom. The number of unbranched alkanes of at least 4 members (excludes halogenated alkanes) is 1. The number of carbonyl (C=O) groups is 2. The van der Waals surface area contributed by atoms with E-state index in [1.165, 1.54) is 12.5 Å². The van der Waals surface area contributed by atoms with Crippen molar-refractivity contribution < 1.29 is 18.4 Å². The molecule has 6 nitrogen and oxygen atoms in total. The van der Waals surface area contributed by atoms with Gasteiger partial charge in [0, 0.05) is 27.2 Å². The van der Waals surface area contributed by atoms with Crippen molar-refractivity contribution in [3.63, 3.8) is 0 Å². The second-order valence-corrected chi connectivity index (χ2v) is 5.12. The van der Waals surface area contributed by atoms with Gasteiger partial charge in [0.2, 0.25) is 0 Å². The maximum Gasteiger partial charge on any atom is 0.289 e. The molecule has 0 N–H and O–H groups in total. The minimum atomic E-state index is -0.134. The topological polar surface area (TPSA) is 66.9 Å². The van der Waals surface area contributed by atoms with Crippen molar-refractivity contribution in [1.82, 2.24) is 9.80 Å². The summed E-state index contributed by atoms with van der Waals surface area (Å²) in [6.07, 6.45) is 4.57. The predicted octanol–water partition coefficient (Wildman–Crippen LogP) is 2.50. The summed E-state index contributed by atoms with van der Waals surface area (Å²) in [4.78, 5) is 27.1. The summed E-state index contributed by atoms with van der Waals surface area (Å²) in [5.41, 5.74) is 0. The third-order valence-corrected chi connectivity index (χ3v) is 3.39. The van der Waals surface area contributed by atoms with Gasteiger partial charge < -0.3 is 18.6 Å². The van der Waals surface area contributed by atoms with Crippen LogP contribution in [-0.4, -0.2) is 48.8 Å². The molecule has 0 radical (unpaired) electrons. The Bertz CT molecular complexity index is 535. The van der Waals surface area contributed by atoms with Crippen LogP contribution in [0.4, 0.5) is 0 Å². The minimum Gasteiger partial charge on any atom is -0.459 e. The highest BCUT2D eigenvalue weighted by atomic mass is 16.3. The highest BCUT2D eigenvalue weighted by Crippen LogP contribution is 2.07. The summed E-state index contributed by atoms with van der Waals surface area (Å²) >= 11 is 0. The first-order chi connectivity index (χ1) is 10.6. The van der Waals surface area contributed by atoms with Gasteiger partial charge in [0.25, 0.3) is 11.8 Å². The Labute approximate surface area is 129 Å². The smallest absolute Gasteiger partial charge is 0.289 e. The van der Waals surface area contributed by atoms with Crippen molar-refractivity contribution in [3.05, 3.63) is 48.3 Å². The van der Waals surface area contributed by atoms with E-state index in [1.807, 2.05) is 0 Å². The van der Waals surface area contributed by atoms with Gasteiger partial charge in [-0.05, 0) is 37.1 Å². The molecule has 6 heteroatoms. The van der Waals surface area contributed by atoms with Gasteiger partial charge in [0.1, 0.15) is 0 Å². The Morgan fingerprint density at radius 3 is 1.59 bits per heavy atom. The van der Waals surface area contributed by atoms with Crippen LogP contribution in [0.25, 0.3) is 0 Å². The molecular formula is C16H20N2O4. The largest absolute Gasteiger partial charge is 0.459 e. The zero-order valence-corrected chi connectivity index (χ0v) is 12.8. The van der Waals surface area contributed by atoms with Crippen LogP contribution in [0.1, 0.15) is 34.0 Å². The van der Waals surface area contributed by atoms with E-state index >= 15 is 0 Å². The highest BCUT2D eigenvalue weighted by molar-refractivity contribution is 5.91. The van der Waals surface area contributed by atoms with Gasteiger partial charge >= 0.3 is 0 Å². The van der Waals surface area contributed by atoms with E-state index in [1.54, 1.807) is 48.2 Å². The van der Waals surface area contributed by atoms with Crippen LogP contribution < -0.4 is 0 Å². The van der Waals surface area contributed by atoms with Crippen molar-refractivity contribution in [2.75, 3.05) is 27.2 Å². The number of hydrogen-bond donors (Lipinski definition) is 0. The van der Waals surface area contributed by atoms with Crippen LogP contribution in [0.5, 0.6) is 0 Å². The molecule has 0 aromatic carbocycles. The molecule has 0 aliphatic rings. The molecule has 0 bridgehead atoms. The molecule has 0 fully saturated rings. The molecule has 0 spiro atoms. The van der Waals surface area contributed by atoms with E-state index < -0.39 is 0 Å². The molecule has 2 rings (SSSR count). The summed E-state index contributed by atoms with van der Waals surface area (Å²) in [5, 5.41) is 0. The summed E-state index contributed by atoms with van der Waals surface area (Å²) in [5.74, 6) is 0.412. The summed E-state index contributed by atoms with van der Waals surface area (Å²) in [6, 6.07) is 6.68.